The highest BCUT2D eigenvalue weighted by Crippen LogP contribution is 2.47. The first-order valence-electron chi connectivity index (χ1n) is 11.8. The summed E-state index contributed by atoms with van der Waals surface area (Å²) in [7, 11) is 0. The van der Waals surface area contributed by atoms with Crippen LogP contribution < -0.4 is 10.2 Å². The maximum Gasteiger partial charge on any atom is 0.277 e. The number of ether oxygens (including phenoxy) is 1. The van der Waals surface area contributed by atoms with Crippen molar-refractivity contribution in [1.82, 2.24) is 24.8 Å². The molecule has 0 radical (unpaired) electrons. The van der Waals surface area contributed by atoms with Gasteiger partial charge in [0.05, 0.1) is 24.6 Å². The van der Waals surface area contributed by atoms with Crippen molar-refractivity contribution in [2.75, 3.05) is 18.1 Å². The number of nitrogens with one attached hydrogen (secondary N) is 1. The van der Waals surface area contributed by atoms with Crippen LogP contribution >= 0.6 is 11.6 Å². The minimum absolute atomic E-state index is 0.0582. The third kappa shape index (κ3) is 3.35. The molecule has 8 nitrogen and oxygen atoms in total. The number of fused-ring (bicyclic) bond motifs is 1. The average molecular weight is 491 g/mol. The second-order valence-electron chi connectivity index (χ2n) is 9.55. The smallest absolute Gasteiger partial charge is 0.277 e. The fraction of sp³-hybridized carbons (Fsp3) is 0.346. The summed E-state index contributed by atoms with van der Waals surface area (Å²) in [4.78, 5) is 18.3. The van der Waals surface area contributed by atoms with Gasteiger partial charge in [-0.1, -0.05) is 29.8 Å². The van der Waals surface area contributed by atoms with Gasteiger partial charge in [0.15, 0.2) is 5.65 Å². The van der Waals surface area contributed by atoms with E-state index in [0.717, 1.165) is 39.6 Å². The van der Waals surface area contributed by atoms with E-state index in [0.29, 0.717) is 23.9 Å². The lowest BCUT2D eigenvalue weighted by molar-refractivity contribution is -0.115. The molecule has 0 saturated carbocycles. The van der Waals surface area contributed by atoms with Crippen molar-refractivity contribution >= 4 is 28.8 Å². The zero-order chi connectivity index (χ0) is 24.4. The first-order chi connectivity index (χ1) is 16.8. The lowest BCUT2D eigenvalue weighted by atomic mass is 10.0. The van der Waals surface area contributed by atoms with Crippen molar-refractivity contribution < 1.29 is 9.53 Å². The number of hydrogen-bond acceptors (Lipinski definition) is 6. The number of nitrogens with zero attached hydrogens (tertiary/aromatic N) is 5. The predicted octanol–water partition coefficient (Wildman–Crippen LogP) is 3.90. The van der Waals surface area contributed by atoms with Gasteiger partial charge in [-0.2, -0.15) is 0 Å². The summed E-state index contributed by atoms with van der Waals surface area (Å²) in [6.07, 6.45) is 3.96. The Labute approximate surface area is 208 Å². The second-order valence-corrected chi connectivity index (χ2v) is 9.99. The van der Waals surface area contributed by atoms with E-state index in [1.165, 1.54) is 0 Å². The monoisotopic (exact) mass is 490 g/mol. The molecular weight excluding hydrogens is 464 g/mol. The molecule has 0 spiro atoms. The minimum atomic E-state index is -0.314. The van der Waals surface area contributed by atoms with Crippen molar-refractivity contribution in [3.8, 4) is 0 Å². The van der Waals surface area contributed by atoms with Gasteiger partial charge < -0.3 is 15.0 Å². The second kappa shape index (κ2) is 8.10. The highest BCUT2D eigenvalue weighted by molar-refractivity contribution is 6.30. The van der Waals surface area contributed by atoms with Crippen LogP contribution in [0.4, 0.5) is 5.69 Å². The number of anilines is 1. The van der Waals surface area contributed by atoms with Crippen LogP contribution in [0.5, 0.6) is 0 Å². The van der Waals surface area contributed by atoms with E-state index in [2.05, 4.69) is 40.3 Å². The average Bonchev–Trinajstić information content (AvgIpc) is 3.59. The summed E-state index contributed by atoms with van der Waals surface area (Å²) in [5.74, 6) is 0.715. The Balaban J connectivity index is 1.52. The number of benzene rings is 1. The van der Waals surface area contributed by atoms with E-state index in [1.54, 1.807) is 0 Å². The zero-order valence-electron chi connectivity index (χ0n) is 20.1. The van der Waals surface area contributed by atoms with Crippen molar-refractivity contribution in [1.29, 1.82) is 0 Å². The van der Waals surface area contributed by atoms with Gasteiger partial charge in [-0.25, -0.2) is 0 Å². The maximum absolute atomic E-state index is 14.1. The van der Waals surface area contributed by atoms with Gasteiger partial charge in [-0.05, 0) is 62.6 Å². The molecule has 0 fully saturated rings. The standard InChI is InChI=1S/C26H27ClN6O2/c1-14(2)32-23-21(28-25(32)18-9-10-35-13-18)26(34)33(22(23)17-5-7-19(27)8-6-17)20-11-15(3)24-30-29-16(4)31(24)12-20/h5-9,11-12,14,22,25,28H,10,13H2,1-4H3. The van der Waals surface area contributed by atoms with Crippen molar-refractivity contribution in [2.45, 2.75) is 45.9 Å². The van der Waals surface area contributed by atoms with E-state index in [1.807, 2.05) is 59.7 Å². The summed E-state index contributed by atoms with van der Waals surface area (Å²) in [6, 6.07) is 9.62. The van der Waals surface area contributed by atoms with Crippen molar-refractivity contribution in [3.05, 3.63) is 81.5 Å². The molecule has 5 heterocycles. The van der Waals surface area contributed by atoms with E-state index in [-0.39, 0.29) is 24.2 Å². The SMILES string of the molecule is Cc1cc(N2C(=O)C3=C(C2c2ccc(Cl)cc2)N(C(C)C)C(C2=CCOC2)N3)cn2c(C)nnc12. The fourth-order valence-corrected chi connectivity index (χ4v) is 5.52. The number of amides is 1. The number of aromatic nitrogens is 3. The molecule has 3 aliphatic rings. The molecule has 3 aliphatic heterocycles. The number of carbonyl (C=O) groups is 1. The molecule has 0 saturated heterocycles. The zero-order valence-corrected chi connectivity index (χ0v) is 20.9. The fourth-order valence-electron chi connectivity index (χ4n) is 5.40. The van der Waals surface area contributed by atoms with E-state index < -0.39 is 0 Å². The van der Waals surface area contributed by atoms with E-state index >= 15 is 0 Å². The topological polar surface area (TPSA) is 75.0 Å². The molecule has 2 atom stereocenters. The molecule has 180 valence electrons. The van der Waals surface area contributed by atoms with Crippen LogP contribution in [0.25, 0.3) is 5.65 Å². The molecule has 0 aliphatic carbocycles. The van der Waals surface area contributed by atoms with Gasteiger partial charge in [-0.3, -0.25) is 14.1 Å². The van der Waals surface area contributed by atoms with Crippen molar-refractivity contribution in [2.24, 2.45) is 0 Å². The molecular formula is C26H27ClN6O2. The molecule has 1 aromatic carbocycles. The number of aryl methyl sites for hydroxylation is 2. The van der Waals surface area contributed by atoms with Crippen LogP contribution in [0.3, 0.4) is 0 Å². The van der Waals surface area contributed by atoms with Gasteiger partial charge in [-0.15, -0.1) is 10.2 Å². The van der Waals surface area contributed by atoms with Crippen LogP contribution in [0, 0.1) is 13.8 Å². The third-order valence-electron chi connectivity index (χ3n) is 6.99. The molecule has 2 unspecified atom stereocenters. The Morgan fingerprint density at radius 1 is 1.17 bits per heavy atom. The van der Waals surface area contributed by atoms with E-state index in [4.69, 9.17) is 16.3 Å². The quantitative estimate of drug-likeness (QED) is 0.559. The number of carbonyl (C=O) groups excluding carboxylic acids is 1. The largest absolute Gasteiger partial charge is 0.373 e. The van der Waals surface area contributed by atoms with Crippen LogP contribution in [-0.2, 0) is 9.53 Å². The van der Waals surface area contributed by atoms with Crippen LogP contribution in [0.15, 0.2) is 59.6 Å². The van der Waals surface area contributed by atoms with Crippen LogP contribution in [0.1, 0.15) is 36.8 Å². The first kappa shape index (κ1) is 22.1. The maximum atomic E-state index is 14.1. The summed E-state index contributed by atoms with van der Waals surface area (Å²) in [6.45, 7) is 9.38. The number of pyridine rings is 1. The van der Waals surface area contributed by atoms with Gasteiger partial charge in [0.1, 0.15) is 23.7 Å². The Morgan fingerprint density at radius 2 is 1.94 bits per heavy atom. The first-order valence-corrected chi connectivity index (χ1v) is 12.2. The molecule has 35 heavy (non-hydrogen) atoms. The molecule has 1 N–H and O–H groups in total. The van der Waals surface area contributed by atoms with Crippen molar-refractivity contribution in [3.63, 3.8) is 0 Å². The highest BCUT2D eigenvalue weighted by Gasteiger charge is 2.51. The Hall–Kier alpha value is -3.36. The van der Waals surface area contributed by atoms with Gasteiger partial charge >= 0.3 is 0 Å². The van der Waals surface area contributed by atoms with Gasteiger partial charge in [0.2, 0.25) is 0 Å². The molecule has 2 aromatic heterocycles. The Bertz CT molecular complexity index is 1410. The molecule has 1 amide bonds. The summed E-state index contributed by atoms with van der Waals surface area (Å²) < 4.78 is 7.56. The summed E-state index contributed by atoms with van der Waals surface area (Å²) in [5.41, 5.74) is 6.30. The minimum Gasteiger partial charge on any atom is -0.373 e. The molecule has 3 aromatic rings. The molecule has 6 rings (SSSR count). The van der Waals surface area contributed by atoms with E-state index in [9.17, 15) is 4.79 Å². The summed E-state index contributed by atoms with van der Waals surface area (Å²) in [5, 5.41) is 12.7. The third-order valence-corrected chi connectivity index (χ3v) is 7.24. The lowest BCUT2D eigenvalue weighted by Gasteiger charge is -2.39. The Kier molecular flexibility index (Phi) is 5.12. The number of hydrogen-bond donors (Lipinski definition) is 1. The number of rotatable bonds is 4. The molecule has 0 bridgehead atoms. The highest BCUT2D eigenvalue weighted by atomic mass is 35.5. The van der Waals surface area contributed by atoms with Gasteiger partial charge in [0, 0.05) is 17.3 Å². The van der Waals surface area contributed by atoms with Crippen LogP contribution in [0.2, 0.25) is 5.02 Å². The van der Waals surface area contributed by atoms with Crippen LogP contribution in [-0.4, -0.2) is 50.8 Å². The normalized spacial score (nSPS) is 22.0. The summed E-state index contributed by atoms with van der Waals surface area (Å²) >= 11 is 6.24. The van der Waals surface area contributed by atoms with Gasteiger partial charge in [0.25, 0.3) is 5.91 Å². The Morgan fingerprint density at radius 3 is 2.63 bits per heavy atom. The number of halogens is 1. The predicted molar refractivity (Wildman–Crippen MR) is 134 cm³/mol. The lowest BCUT2D eigenvalue weighted by Crippen LogP contribution is -2.48. The molecule has 9 heteroatoms.